The zero-order chi connectivity index (χ0) is 21.4. The average Bonchev–Trinajstić information content (AvgIpc) is 3.16. The summed E-state index contributed by atoms with van der Waals surface area (Å²) in [6.45, 7) is 2.97. The molecule has 0 radical (unpaired) electrons. The number of rotatable bonds is 8. The van der Waals surface area contributed by atoms with Gasteiger partial charge < -0.3 is 20.1 Å². The van der Waals surface area contributed by atoms with Gasteiger partial charge in [0, 0.05) is 0 Å². The van der Waals surface area contributed by atoms with Crippen LogP contribution in [0.2, 0.25) is 0 Å². The number of nitriles is 1. The first-order valence-electron chi connectivity index (χ1n) is 8.75. The summed E-state index contributed by atoms with van der Waals surface area (Å²) in [6, 6.07) is 9.22. The molecule has 0 aliphatic rings. The van der Waals surface area contributed by atoms with E-state index in [1.54, 1.807) is 49.6 Å². The molecule has 2 amide bonds. The van der Waals surface area contributed by atoms with Gasteiger partial charge in [-0.3, -0.25) is 9.59 Å². The quantitative estimate of drug-likeness (QED) is 0.640. The molecule has 29 heavy (non-hydrogen) atoms. The van der Waals surface area contributed by atoms with Crippen LogP contribution in [0.5, 0.6) is 5.75 Å². The highest BCUT2D eigenvalue weighted by Crippen LogP contribution is 2.22. The summed E-state index contributed by atoms with van der Waals surface area (Å²) in [7, 11) is 1.45. The number of benzene rings is 1. The number of nitrogens with one attached hydrogen (secondary N) is 2. The van der Waals surface area contributed by atoms with Crippen molar-refractivity contribution in [2.75, 3.05) is 19.0 Å². The number of para-hydroxylation sites is 1. The van der Waals surface area contributed by atoms with Crippen LogP contribution in [0.25, 0.3) is 0 Å². The number of carbonyl (C=O) groups is 3. The van der Waals surface area contributed by atoms with E-state index in [2.05, 4.69) is 10.6 Å². The summed E-state index contributed by atoms with van der Waals surface area (Å²) in [5, 5.41) is 16.2. The van der Waals surface area contributed by atoms with Gasteiger partial charge in [-0.05, 0) is 29.5 Å². The Hall–Kier alpha value is -3.38. The van der Waals surface area contributed by atoms with Crippen molar-refractivity contribution in [3.05, 3.63) is 46.8 Å². The number of thiophene rings is 1. The zero-order valence-corrected chi connectivity index (χ0v) is 17.0. The molecule has 1 heterocycles. The van der Waals surface area contributed by atoms with Gasteiger partial charge in [-0.1, -0.05) is 26.0 Å². The maximum Gasteiger partial charge on any atom is 0.329 e. The Morgan fingerprint density at radius 3 is 2.59 bits per heavy atom. The van der Waals surface area contributed by atoms with Crippen LogP contribution in [0.3, 0.4) is 0 Å². The highest BCUT2D eigenvalue weighted by molar-refractivity contribution is 7.14. The molecular formula is C20H21N3O5S. The third-order valence-corrected chi connectivity index (χ3v) is 4.77. The molecule has 2 N–H and O–H groups in total. The molecule has 0 aliphatic heterocycles. The van der Waals surface area contributed by atoms with Crippen molar-refractivity contribution in [2.45, 2.75) is 19.9 Å². The summed E-state index contributed by atoms with van der Waals surface area (Å²) < 4.78 is 10.2. The third kappa shape index (κ3) is 5.80. The largest absolute Gasteiger partial charge is 0.496 e. The molecule has 8 nitrogen and oxygen atoms in total. The van der Waals surface area contributed by atoms with E-state index in [-0.39, 0.29) is 11.5 Å². The van der Waals surface area contributed by atoms with Crippen molar-refractivity contribution < 1.29 is 23.9 Å². The Bertz CT molecular complexity index is 932. The maximum absolute atomic E-state index is 12.6. The van der Waals surface area contributed by atoms with E-state index >= 15 is 0 Å². The number of nitrogens with zero attached hydrogens (tertiary/aromatic N) is 1. The third-order valence-electron chi connectivity index (χ3n) is 3.94. The number of ether oxygens (including phenoxy) is 2. The molecule has 2 aromatic rings. The van der Waals surface area contributed by atoms with Gasteiger partial charge >= 0.3 is 5.97 Å². The molecule has 0 unspecified atom stereocenters. The molecule has 152 valence electrons. The fourth-order valence-corrected chi connectivity index (χ4v) is 3.19. The molecule has 1 atom stereocenters. The van der Waals surface area contributed by atoms with Crippen LogP contribution in [-0.4, -0.2) is 37.5 Å². The van der Waals surface area contributed by atoms with Crippen molar-refractivity contribution in [1.29, 1.82) is 5.26 Å². The summed E-state index contributed by atoms with van der Waals surface area (Å²) in [5.41, 5.74) is 0.617. The fraction of sp³-hybridized carbons (Fsp3) is 0.300. The normalized spacial score (nSPS) is 11.3. The van der Waals surface area contributed by atoms with Crippen LogP contribution in [0.1, 0.15) is 29.8 Å². The second-order valence-electron chi connectivity index (χ2n) is 6.33. The first-order chi connectivity index (χ1) is 13.9. The van der Waals surface area contributed by atoms with Gasteiger partial charge in [0.05, 0.1) is 18.2 Å². The minimum atomic E-state index is -0.948. The lowest BCUT2D eigenvalue weighted by atomic mass is 10.0. The molecule has 0 aliphatic carbocycles. The summed E-state index contributed by atoms with van der Waals surface area (Å²) >= 11 is 1.19. The van der Waals surface area contributed by atoms with E-state index in [4.69, 9.17) is 14.7 Å². The van der Waals surface area contributed by atoms with Gasteiger partial charge in [0.1, 0.15) is 22.9 Å². The van der Waals surface area contributed by atoms with Gasteiger partial charge in [-0.2, -0.15) is 5.26 Å². The first-order valence-corrected chi connectivity index (χ1v) is 9.63. The number of hydrogen-bond acceptors (Lipinski definition) is 7. The minimum Gasteiger partial charge on any atom is -0.496 e. The van der Waals surface area contributed by atoms with Crippen LogP contribution < -0.4 is 15.4 Å². The van der Waals surface area contributed by atoms with Gasteiger partial charge in [-0.15, -0.1) is 11.3 Å². The van der Waals surface area contributed by atoms with Gasteiger partial charge in [0.25, 0.3) is 11.8 Å². The van der Waals surface area contributed by atoms with Gasteiger partial charge in [0.2, 0.25) is 0 Å². The molecule has 1 aromatic heterocycles. The Morgan fingerprint density at radius 2 is 1.93 bits per heavy atom. The number of anilines is 1. The van der Waals surface area contributed by atoms with Crippen molar-refractivity contribution in [3.8, 4) is 11.8 Å². The molecule has 1 aromatic carbocycles. The van der Waals surface area contributed by atoms with Gasteiger partial charge in [-0.25, -0.2) is 4.79 Å². The Labute approximate surface area is 172 Å². The standard InChI is InChI=1S/C20H21N3O5S/c1-12(2)17(23-18(25)14-6-4-5-7-15(14)27-3)20(26)28-11-16(24)22-19-13(10-21)8-9-29-19/h4-9,12,17H,11H2,1-3H3,(H,22,24)(H,23,25)/t17-/m0/s1. The van der Waals surface area contributed by atoms with E-state index in [9.17, 15) is 14.4 Å². The summed E-state index contributed by atoms with van der Waals surface area (Å²) in [4.78, 5) is 37.0. The smallest absolute Gasteiger partial charge is 0.329 e. The molecule has 0 bridgehead atoms. The second kappa shape index (κ2) is 10.2. The second-order valence-corrected chi connectivity index (χ2v) is 7.24. The number of carbonyl (C=O) groups excluding carboxylic acids is 3. The van der Waals surface area contributed by atoms with E-state index in [1.165, 1.54) is 18.4 Å². The molecule has 0 fully saturated rings. The van der Waals surface area contributed by atoms with Crippen LogP contribution in [0.15, 0.2) is 35.7 Å². The van der Waals surface area contributed by atoms with Crippen molar-refractivity contribution in [1.82, 2.24) is 5.32 Å². The Kier molecular flexibility index (Phi) is 7.74. The Balaban J connectivity index is 1.98. The number of esters is 1. The lowest BCUT2D eigenvalue weighted by Gasteiger charge is -2.21. The van der Waals surface area contributed by atoms with E-state index in [0.29, 0.717) is 16.3 Å². The average molecular weight is 415 g/mol. The lowest BCUT2D eigenvalue weighted by molar-refractivity contribution is -0.150. The highest BCUT2D eigenvalue weighted by atomic mass is 32.1. The minimum absolute atomic E-state index is 0.272. The summed E-state index contributed by atoms with van der Waals surface area (Å²) in [6.07, 6.45) is 0. The number of amides is 2. The predicted molar refractivity (Wildman–Crippen MR) is 108 cm³/mol. The Morgan fingerprint density at radius 1 is 1.21 bits per heavy atom. The van der Waals surface area contributed by atoms with Crippen LogP contribution in [0.4, 0.5) is 5.00 Å². The molecule has 9 heteroatoms. The van der Waals surface area contributed by atoms with E-state index < -0.39 is 30.4 Å². The SMILES string of the molecule is COc1ccccc1C(=O)N[C@H](C(=O)OCC(=O)Nc1sccc1C#N)C(C)C. The van der Waals surface area contributed by atoms with E-state index in [0.717, 1.165) is 0 Å². The molecule has 0 saturated carbocycles. The molecular weight excluding hydrogens is 394 g/mol. The topological polar surface area (TPSA) is 118 Å². The summed E-state index contributed by atoms with van der Waals surface area (Å²) in [5.74, 6) is -1.68. The fourth-order valence-electron chi connectivity index (χ4n) is 2.43. The molecule has 2 rings (SSSR count). The highest BCUT2D eigenvalue weighted by Gasteiger charge is 2.27. The monoisotopic (exact) mass is 415 g/mol. The predicted octanol–water partition coefficient (Wildman–Crippen LogP) is 2.56. The molecule has 0 saturated heterocycles. The van der Waals surface area contributed by atoms with Crippen molar-refractivity contribution >= 4 is 34.1 Å². The van der Waals surface area contributed by atoms with Crippen LogP contribution in [0, 0.1) is 17.2 Å². The molecule has 0 spiro atoms. The van der Waals surface area contributed by atoms with Gasteiger partial charge in [0.15, 0.2) is 6.61 Å². The first kappa shape index (κ1) is 21.9. The van der Waals surface area contributed by atoms with Crippen molar-refractivity contribution in [2.24, 2.45) is 5.92 Å². The number of methoxy groups -OCH3 is 1. The zero-order valence-electron chi connectivity index (χ0n) is 16.2. The van der Waals surface area contributed by atoms with Crippen LogP contribution >= 0.6 is 11.3 Å². The van der Waals surface area contributed by atoms with Crippen LogP contribution in [-0.2, 0) is 14.3 Å². The van der Waals surface area contributed by atoms with E-state index in [1.807, 2.05) is 6.07 Å². The number of hydrogen-bond donors (Lipinski definition) is 2. The maximum atomic E-state index is 12.6. The van der Waals surface area contributed by atoms with Crippen molar-refractivity contribution in [3.63, 3.8) is 0 Å². The lowest BCUT2D eigenvalue weighted by Crippen LogP contribution is -2.46.